The molecule has 4 nitrogen and oxygen atoms in total. The highest BCUT2D eigenvalue weighted by molar-refractivity contribution is 5.78. The van der Waals surface area contributed by atoms with Gasteiger partial charge in [-0.05, 0) is 13.3 Å². The molecule has 78 valence electrons. The molecule has 0 heterocycles. The molecule has 2 atom stereocenters. The van der Waals surface area contributed by atoms with Crippen LogP contribution in [0.25, 0.3) is 0 Å². The van der Waals surface area contributed by atoms with Crippen LogP contribution in [0.4, 0.5) is 0 Å². The normalized spacial score (nSPS) is 15.1. The van der Waals surface area contributed by atoms with E-state index in [1.165, 1.54) is 0 Å². The van der Waals surface area contributed by atoms with E-state index in [2.05, 4.69) is 5.32 Å². The zero-order chi connectivity index (χ0) is 10.3. The Hall–Kier alpha value is -0.610. The standard InChI is InChI=1S/C9H20N2O2/c1-7(6-10)9(12)11-8(2)4-5-13-3/h7-8H,4-6,10H2,1-3H3,(H,11,12). The largest absolute Gasteiger partial charge is 0.385 e. The molecule has 1 amide bonds. The topological polar surface area (TPSA) is 64.3 Å². The zero-order valence-corrected chi connectivity index (χ0v) is 8.67. The van der Waals surface area contributed by atoms with Crippen molar-refractivity contribution in [1.82, 2.24) is 5.32 Å². The highest BCUT2D eigenvalue weighted by atomic mass is 16.5. The van der Waals surface area contributed by atoms with Crippen LogP contribution < -0.4 is 11.1 Å². The second kappa shape index (κ2) is 6.86. The van der Waals surface area contributed by atoms with E-state index in [0.717, 1.165) is 6.42 Å². The highest BCUT2D eigenvalue weighted by Gasteiger charge is 2.12. The first-order valence-corrected chi connectivity index (χ1v) is 4.61. The average molecular weight is 188 g/mol. The minimum absolute atomic E-state index is 0.0195. The van der Waals surface area contributed by atoms with Crippen molar-refractivity contribution in [2.45, 2.75) is 26.3 Å². The smallest absolute Gasteiger partial charge is 0.224 e. The molecule has 0 saturated heterocycles. The van der Waals surface area contributed by atoms with E-state index in [0.29, 0.717) is 13.2 Å². The molecular weight excluding hydrogens is 168 g/mol. The van der Waals surface area contributed by atoms with Gasteiger partial charge < -0.3 is 15.8 Å². The molecule has 0 fully saturated rings. The van der Waals surface area contributed by atoms with Crippen LogP contribution in [-0.2, 0) is 9.53 Å². The van der Waals surface area contributed by atoms with Gasteiger partial charge in [-0.2, -0.15) is 0 Å². The van der Waals surface area contributed by atoms with Gasteiger partial charge in [0.25, 0.3) is 0 Å². The Morgan fingerprint density at radius 2 is 2.15 bits per heavy atom. The molecule has 2 unspecified atom stereocenters. The average Bonchev–Trinajstić information content (AvgIpc) is 2.13. The minimum atomic E-state index is -0.106. The Kier molecular flexibility index (Phi) is 6.54. The molecule has 4 heteroatoms. The van der Waals surface area contributed by atoms with E-state index in [1.807, 2.05) is 13.8 Å². The Bertz CT molecular complexity index is 151. The monoisotopic (exact) mass is 188 g/mol. The molecule has 0 spiro atoms. The second-order valence-electron chi connectivity index (χ2n) is 3.33. The Labute approximate surface area is 79.8 Å². The van der Waals surface area contributed by atoms with E-state index in [4.69, 9.17) is 10.5 Å². The van der Waals surface area contributed by atoms with Crippen molar-refractivity contribution in [2.24, 2.45) is 11.7 Å². The number of hydrogen-bond donors (Lipinski definition) is 2. The van der Waals surface area contributed by atoms with Gasteiger partial charge in [-0.15, -0.1) is 0 Å². The molecule has 3 N–H and O–H groups in total. The molecule has 0 aliphatic heterocycles. The van der Waals surface area contributed by atoms with Gasteiger partial charge in [0.05, 0.1) is 0 Å². The maximum Gasteiger partial charge on any atom is 0.224 e. The molecule has 0 bridgehead atoms. The maximum atomic E-state index is 11.3. The maximum absolute atomic E-state index is 11.3. The van der Waals surface area contributed by atoms with Gasteiger partial charge >= 0.3 is 0 Å². The van der Waals surface area contributed by atoms with Gasteiger partial charge in [-0.3, -0.25) is 4.79 Å². The van der Waals surface area contributed by atoms with Gasteiger partial charge in [0, 0.05) is 32.2 Å². The Balaban J connectivity index is 3.64. The summed E-state index contributed by atoms with van der Waals surface area (Å²) >= 11 is 0. The lowest BCUT2D eigenvalue weighted by Crippen LogP contribution is -2.39. The summed E-state index contributed by atoms with van der Waals surface area (Å²) in [6.07, 6.45) is 0.833. The van der Waals surface area contributed by atoms with Gasteiger partial charge in [0.1, 0.15) is 0 Å². The molecular formula is C9H20N2O2. The van der Waals surface area contributed by atoms with E-state index in [1.54, 1.807) is 7.11 Å². The third-order valence-electron chi connectivity index (χ3n) is 1.94. The van der Waals surface area contributed by atoms with Crippen LogP contribution >= 0.6 is 0 Å². The van der Waals surface area contributed by atoms with Crippen LogP contribution in [0, 0.1) is 5.92 Å². The molecule has 0 aliphatic carbocycles. The third kappa shape index (κ3) is 5.60. The first-order valence-electron chi connectivity index (χ1n) is 4.61. The van der Waals surface area contributed by atoms with Gasteiger partial charge in [-0.25, -0.2) is 0 Å². The summed E-state index contributed by atoms with van der Waals surface area (Å²) in [6.45, 7) is 4.83. The van der Waals surface area contributed by atoms with Crippen molar-refractivity contribution < 1.29 is 9.53 Å². The van der Waals surface area contributed by atoms with Crippen LogP contribution in [0.5, 0.6) is 0 Å². The summed E-state index contributed by atoms with van der Waals surface area (Å²) in [6, 6.07) is 0.154. The fourth-order valence-electron chi connectivity index (χ4n) is 0.859. The van der Waals surface area contributed by atoms with Crippen molar-refractivity contribution in [3.63, 3.8) is 0 Å². The lowest BCUT2D eigenvalue weighted by molar-refractivity contribution is -0.124. The van der Waals surface area contributed by atoms with Crippen molar-refractivity contribution in [3.05, 3.63) is 0 Å². The molecule has 0 saturated carbocycles. The van der Waals surface area contributed by atoms with E-state index in [9.17, 15) is 4.79 Å². The molecule has 0 aromatic heterocycles. The number of carbonyl (C=O) groups is 1. The summed E-state index contributed by atoms with van der Waals surface area (Å²) in [4.78, 5) is 11.3. The first kappa shape index (κ1) is 12.4. The number of ether oxygens (including phenoxy) is 1. The number of hydrogen-bond acceptors (Lipinski definition) is 3. The SMILES string of the molecule is COCCC(C)NC(=O)C(C)CN. The predicted molar refractivity (Wildman–Crippen MR) is 52.3 cm³/mol. The van der Waals surface area contributed by atoms with Crippen molar-refractivity contribution >= 4 is 5.91 Å². The van der Waals surface area contributed by atoms with Crippen molar-refractivity contribution in [2.75, 3.05) is 20.3 Å². The molecule has 0 aromatic rings. The predicted octanol–water partition coefficient (Wildman–Crippen LogP) is 0.122. The lowest BCUT2D eigenvalue weighted by atomic mass is 10.1. The van der Waals surface area contributed by atoms with Crippen LogP contribution in [0.2, 0.25) is 0 Å². The van der Waals surface area contributed by atoms with Gasteiger partial charge in [0.15, 0.2) is 0 Å². The zero-order valence-electron chi connectivity index (χ0n) is 8.67. The summed E-state index contributed by atoms with van der Waals surface area (Å²) in [5.41, 5.74) is 5.36. The van der Waals surface area contributed by atoms with E-state index >= 15 is 0 Å². The number of nitrogens with two attached hydrogens (primary N) is 1. The lowest BCUT2D eigenvalue weighted by Gasteiger charge is -2.15. The quantitative estimate of drug-likeness (QED) is 0.622. The molecule has 0 aromatic carbocycles. The van der Waals surface area contributed by atoms with Gasteiger partial charge in [-0.1, -0.05) is 6.92 Å². The molecule has 13 heavy (non-hydrogen) atoms. The van der Waals surface area contributed by atoms with Crippen molar-refractivity contribution in [3.8, 4) is 0 Å². The number of carbonyl (C=O) groups excluding carboxylic acids is 1. The van der Waals surface area contributed by atoms with Crippen LogP contribution in [0.3, 0.4) is 0 Å². The summed E-state index contributed by atoms with van der Waals surface area (Å²) in [7, 11) is 1.65. The molecule has 0 rings (SSSR count). The fraction of sp³-hybridized carbons (Fsp3) is 0.889. The minimum Gasteiger partial charge on any atom is -0.385 e. The molecule has 0 radical (unpaired) electrons. The summed E-state index contributed by atoms with van der Waals surface area (Å²) in [5, 5.41) is 2.87. The van der Waals surface area contributed by atoms with E-state index in [-0.39, 0.29) is 17.9 Å². The Morgan fingerprint density at radius 3 is 2.62 bits per heavy atom. The second-order valence-corrected chi connectivity index (χ2v) is 3.33. The number of amides is 1. The number of rotatable bonds is 6. The molecule has 0 aliphatic rings. The highest BCUT2D eigenvalue weighted by Crippen LogP contribution is 1.95. The van der Waals surface area contributed by atoms with Crippen LogP contribution in [0.15, 0.2) is 0 Å². The van der Waals surface area contributed by atoms with Gasteiger partial charge in [0.2, 0.25) is 5.91 Å². The fourth-order valence-corrected chi connectivity index (χ4v) is 0.859. The van der Waals surface area contributed by atoms with E-state index < -0.39 is 0 Å². The summed E-state index contributed by atoms with van der Waals surface area (Å²) < 4.78 is 4.90. The van der Waals surface area contributed by atoms with Crippen molar-refractivity contribution in [1.29, 1.82) is 0 Å². The first-order chi connectivity index (χ1) is 6.11. The third-order valence-corrected chi connectivity index (χ3v) is 1.94. The summed E-state index contributed by atoms with van der Waals surface area (Å²) in [5.74, 6) is -0.0869. The number of methoxy groups -OCH3 is 1. The Morgan fingerprint density at radius 1 is 1.54 bits per heavy atom. The van der Waals surface area contributed by atoms with Crippen LogP contribution in [-0.4, -0.2) is 32.2 Å². The number of nitrogens with one attached hydrogen (secondary N) is 1. The van der Waals surface area contributed by atoms with Crippen LogP contribution in [0.1, 0.15) is 20.3 Å².